The second-order valence-electron chi connectivity index (χ2n) is 3.01. The van der Waals surface area contributed by atoms with Crippen LogP contribution in [0.2, 0.25) is 0 Å². The van der Waals surface area contributed by atoms with E-state index in [1.165, 1.54) is 7.11 Å². The van der Waals surface area contributed by atoms with Crippen LogP contribution in [-0.4, -0.2) is 22.5 Å². The van der Waals surface area contributed by atoms with Crippen LogP contribution in [0, 0.1) is 6.92 Å². The summed E-state index contributed by atoms with van der Waals surface area (Å²) in [5, 5.41) is 0. The fourth-order valence-corrected chi connectivity index (χ4v) is 1.38. The molecule has 0 saturated heterocycles. The number of pyridine rings is 1. The molecule has 4 heteroatoms. The first-order chi connectivity index (χ1) is 6.72. The first kappa shape index (κ1) is 8.74. The minimum Gasteiger partial charge on any atom is -0.465 e. The molecule has 0 saturated carbocycles. The normalized spacial score (nSPS) is 10.4. The zero-order valence-electron chi connectivity index (χ0n) is 8.02. The summed E-state index contributed by atoms with van der Waals surface area (Å²) in [7, 11) is 1.37. The van der Waals surface area contributed by atoms with Crippen molar-refractivity contribution in [1.82, 2.24) is 9.38 Å². The van der Waals surface area contributed by atoms with E-state index in [9.17, 15) is 4.79 Å². The molecule has 14 heavy (non-hydrogen) atoms. The molecule has 0 aromatic carbocycles. The van der Waals surface area contributed by atoms with Crippen LogP contribution in [0.15, 0.2) is 24.5 Å². The Hall–Kier alpha value is -1.84. The summed E-state index contributed by atoms with van der Waals surface area (Å²) in [6, 6.07) is 3.47. The Balaban J connectivity index is 2.57. The number of rotatable bonds is 1. The predicted molar refractivity (Wildman–Crippen MR) is 51.3 cm³/mol. The Morgan fingerprint density at radius 3 is 3.07 bits per heavy atom. The number of imidazole rings is 1. The van der Waals surface area contributed by atoms with Gasteiger partial charge in [0.2, 0.25) is 0 Å². The Morgan fingerprint density at radius 1 is 1.57 bits per heavy atom. The van der Waals surface area contributed by atoms with Gasteiger partial charge in [-0.25, -0.2) is 9.78 Å². The second kappa shape index (κ2) is 3.14. The number of fused-ring (bicyclic) bond motifs is 1. The molecule has 72 valence electrons. The highest BCUT2D eigenvalue weighted by atomic mass is 16.5. The number of esters is 1. The third-order valence-corrected chi connectivity index (χ3v) is 2.14. The van der Waals surface area contributed by atoms with Crippen LogP contribution >= 0.6 is 0 Å². The average molecular weight is 190 g/mol. The van der Waals surface area contributed by atoms with Crippen LogP contribution in [0.25, 0.3) is 5.52 Å². The van der Waals surface area contributed by atoms with Crippen molar-refractivity contribution in [1.29, 1.82) is 0 Å². The van der Waals surface area contributed by atoms with Crippen molar-refractivity contribution in [2.24, 2.45) is 0 Å². The number of aryl methyl sites for hydroxylation is 1. The Labute approximate surface area is 81.1 Å². The van der Waals surface area contributed by atoms with Gasteiger partial charge in [-0.2, -0.15) is 0 Å². The largest absolute Gasteiger partial charge is 0.465 e. The van der Waals surface area contributed by atoms with Crippen molar-refractivity contribution >= 4 is 11.5 Å². The monoisotopic (exact) mass is 190 g/mol. The lowest BCUT2D eigenvalue weighted by molar-refractivity contribution is 0.0600. The fourth-order valence-electron chi connectivity index (χ4n) is 1.38. The van der Waals surface area contributed by atoms with Crippen LogP contribution in [0.1, 0.15) is 16.2 Å². The van der Waals surface area contributed by atoms with E-state index in [4.69, 9.17) is 0 Å². The SMILES string of the molecule is COC(=O)c1ccn2c(C)ncc2c1. The van der Waals surface area contributed by atoms with Crippen molar-refractivity contribution in [2.45, 2.75) is 6.92 Å². The molecule has 0 fully saturated rings. The number of aromatic nitrogens is 2. The number of ether oxygens (including phenoxy) is 1. The van der Waals surface area contributed by atoms with E-state index in [0.29, 0.717) is 5.56 Å². The summed E-state index contributed by atoms with van der Waals surface area (Å²) in [4.78, 5) is 15.3. The predicted octanol–water partition coefficient (Wildman–Crippen LogP) is 1.43. The molecule has 0 aliphatic rings. The minimum atomic E-state index is -0.327. The number of hydrogen-bond donors (Lipinski definition) is 0. The molecule has 2 aromatic rings. The van der Waals surface area contributed by atoms with Gasteiger partial charge in [0, 0.05) is 6.20 Å². The molecule has 2 rings (SSSR count). The van der Waals surface area contributed by atoms with Gasteiger partial charge in [0.15, 0.2) is 0 Å². The van der Waals surface area contributed by atoms with Gasteiger partial charge in [-0.15, -0.1) is 0 Å². The lowest BCUT2D eigenvalue weighted by atomic mass is 10.2. The van der Waals surface area contributed by atoms with Gasteiger partial charge in [-0.05, 0) is 19.1 Å². The van der Waals surface area contributed by atoms with Gasteiger partial charge in [-0.3, -0.25) is 0 Å². The van der Waals surface area contributed by atoms with E-state index in [1.54, 1.807) is 18.3 Å². The van der Waals surface area contributed by atoms with E-state index < -0.39 is 0 Å². The molecule has 0 amide bonds. The van der Waals surface area contributed by atoms with E-state index >= 15 is 0 Å². The highest BCUT2D eigenvalue weighted by Gasteiger charge is 2.06. The third kappa shape index (κ3) is 1.25. The van der Waals surface area contributed by atoms with Crippen LogP contribution in [0.4, 0.5) is 0 Å². The molecule has 0 aliphatic heterocycles. The highest BCUT2D eigenvalue weighted by molar-refractivity contribution is 5.90. The topological polar surface area (TPSA) is 43.6 Å². The van der Waals surface area contributed by atoms with E-state index in [1.807, 2.05) is 17.5 Å². The van der Waals surface area contributed by atoms with Crippen LogP contribution in [0.3, 0.4) is 0 Å². The Morgan fingerprint density at radius 2 is 2.36 bits per heavy atom. The fraction of sp³-hybridized carbons (Fsp3) is 0.200. The van der Waals surface area contributed by atoms with Crippen molar-refractivity contribution < 1.29 is 9.53 Å². The van der Waals surface area contributed by atoms with E-state index in [-0.39, 0.29) is 5.97 Å². The Kier molecular flexibility index (Phi) is 1.96. The number of methoxy groups -OCH3 is 1. The van der Waals surface area contributed by atoms with Gasteiger partial charge in [0.1, 0.15) is 5.82 Å². The van der Waals surface area contributed by atoms with Crippen molar-refractivity contribution in [3.8, 4) is 0 Å². The average Bonchev–Trinajstić information content (AvgIpc) is 2.59. The van der Waals surface area contributed by atoms with Crippen molar-refractivity contribution in [3.63, 3.8) is 0 Å². The molecule has 4 nitrogen and oxygen atoms in total. The summed E-state index contributed by atoms with van der Waals surface area (Å²) in [6.45, 7) is 1.91. The van der Waals surface area contributed by atoms with Crippen molar-refractivity contribution in [3.05, 3.63) is 35.9 Å². The first-order valence-electron chi connectivity index (χ1n) is 4.24. The lowest BCUT2D eigenvalue weighted by Crippen LogP contribution is -2.01. The van der Waals surface area contributed by atoms with Crippen LogP contribution < -0.4 is 0 Å². The van der Waals surface area contributed by atoms with Gasteiger partial charge in [0.25, 0.3) is 0 Å². The standard InChI is InChI=1S/C10H10N2O2/c1-7-11-6-9-5-8(10(13)14-2)3-4-12(7)9/h3-6H,1-2H3. The van der Waals surface area contributed by atoms with E-state index in [0.717, 1.165) is 11.3 Å². The number of nitrogens with zero attached hydrogens (tertiary/aromatic N) is 2. The molecule has 2 heterocycles. The second-order valence-corrected chi connectivity index (χ2v) is 3.01. The summed E-state index contributed by atoms with van der Waals surface area (Å²) in [5.74, 6) is 0.572. The molecule has 0 bridgehead atoms. The molecule has 0 unspecified atom stereocenters. The van der Waals surface area contributed by atoms with Crippen molar-refractivity contribution in [2.75, 3.05) is 7.11 Å². The maximum atomic E-state index is 11.2. The van der Waals surface area contributed by atoms with Gasteiger partial charge in [-0.1, -0.05) is 0 Å². The summed E-state index contributed by atoms with van der Waals surface area (Å²) < 4.78 is 6.53. The molecular formula is C10H10N2O2. The van der Waals surface area contributed by atoms with Crippen LogP contribution in [-0.2, 0) is 4.74 Å². The Bertz CT molecular complexity index is 488. The zero-order valence-corrected chi connectivity index (χ0v) is 8.02. The lowest BCUT2D eigenvalue weighted by Gasteiger charge is -2.00. The first-order valence-corrected chi connectivity index (χ1v) is 4.24. The minimum absolute atomic E-state index is 0.327. The number of carbonyl (C=O) groups excluding carboxylic acids is 1. The van der Waals surface area contributed by atoms with Gasteiger partial charge < -0.3 is 9.14 Å². The van der Waals surface area contributed by atoms with Crippen LogP contribution in [0.5, 0.6) is 0 Å². The van der Waals surface area contributed by atoms with Gasteiger partial charge in [0.05, 0.1) is 24.4 Å². The summed E-state index contributed by atoms with van der Waals surface area (Å²) >= 11 is 0. The number of hydrogen-bond acceptors (Lipinski definition) is 3. The molecule has 0 aliphatic carbocycles. The molecule has 0 atom stereocenters. The zero-order chi connectivity index (χ0) is 10.1. The summed E-state index contributed by atoms with van der Waals surface area (Å²) in [6.07, 6.45) is 3.53. The summed E-state index contributed by atoms with van der Waals surface area (Å²) in [5.41, 5.74) is 1.44. The molecule has 0 N–H and O–H groups in total. The quantitative estimate of drug-likeness (QED) is 0.639. The smallest absolute Gasteiger partial charge is 0.337 e. The number of carbonyl (C=O) groups is 1. The van der Waals surface area contributed by atoms with E-state index in [2.05, 4.69) is 9.72 Å². The molecule has 0 radical (unpaired) electrons. The third-order valence-electron chi connectivity index (χ3n) is 2.14. The van der Waals surface area contributed by atoms with Gasteiger partial charge >= 0.3 is 5.97 Å². The highest BCUT2D eigenvalue weighted by Crippen LogP contribution is 2.09. The molecule has 2 aromatic heterocycles. The molecule has 0 spiro atoms. The molecular weight excluding hydrogens is 180 g/mol. The maximum absolute atomic E-state index is 11.2. The maximum Gasteiger partial charge on any atom is 0.337 e.